The van der Waals surface area contributed by atoms with Crippen LogP contribution in [0.4, 0.5) is 16.2 Å². The second-order valence-electron chi connectivity index (χ2n) is 9.86. The van der Waals surface area contributed by atoms with Crippen LogP contribution in [-0.4, -0.2) is 78.0 Å². The number of rotatable bonds is 7. The molecule has 10 nitrogen and oxygen atoms in total. The normalized spacial score (nSPS) is 16.8. The van der Waals surface area contributed by atoms with Crippen LogP contribution in [-0.2, 0) is 24.8 Å². The molecule has 0 aliphatic carbocycles. The maximum absolute atomic E-state index is 13.1. The molecule has 1 aliphatic heterocycles. The Morgan fingerprint density at radius 1 is 0.972 bits per heavy atom. The molecule has 0 aromatic heterocycles. The first-order valence-electron chi connectivity index (χ1n) is 11.5. The summed E-state index contributed by atoms with van der Waals surface area (Å²) in [6.45, 7) is 6.46. The molecule has 198 valence electrons. The van der Waals surface area contributed by atoms with Gasteiger partial charge < -0.3 is 14.5 Å². The van der Waals surface area contributed by atoms with Crippen molar-refractivity contribution in [3.8, 4) is 0 Å². The maximum Gasteiger partial charge on any atom is 0.410 e. The molecule has 1 amide bonds. The van der Waals surface area contributed by atoms with Gasteiger partial charge in [-0.1, -0.05) is 12.1 Å². The molecule has 0 saturated carbocycles. The van der Waals surface area contributed by atoms with Gasteiger partial charge in [0, 0.05) is 40.3 Å². The first-order chi connectivity index (χ1) is 16.6. The molecule has 0 radical (unpaired) electrons. The third-order valence-electron chi connectivity index (χ3n) is 5.80. The zero-order valence-corrected chi connectivity index (χ0v) is 23.1. The van der Waals surface area contributed by atoms with Crippen molar-refractivity contribution < 1.29 is 26.4 Å². The quantitative estimate of drug-likeness (QED) is 0.576. The number of likely N-dealkylation sites (N-methyl/N-ethyl adjacent to an activating group) is 1. The van der Waals surface area contributed by atoms with Crippen LogP contribution < -0.4 is 9.62 Å². The van der Waals surface area contributed by atoms with E-state index < -0.39 is 25.6 Å². The van der Waals surface area contributed by atoms with Crippen molar-refractivity contribution in [1.82, 2.24) is 9.21 Å². The monoisotopic (exact) mass is 538 g/mol. The summed E-state index contributed by atoms with van der Waals surface area (Å²) in [5.74, 6) is 0. The number of para-hydroxylation sites is 2. The molecule has 0 bridgehead atoms. The highest BCUT2D eigenvalue weighted by Crippen LogP contribution is 2.31. The number of carbonyl (C=O) groups excluding carboxylic acids is 1. The molecule has 3 rings (SSSR count). The van der Waals surface area contributed by atoms with E-state index in [0.717, 1.165) is 4.31 Å². The van der Waals surface area contributed by atoms with Crippen LogP contribution >= 0.6 is 0 Å². The topological polar surface area (TPSA) is 116 Å². The fourth-order valence-corrected chi connectivity index (χ4v) is 5.80. The highest BCUT2D eigenvalue weighted by Gasteiger charge is 2.32. The van der Waals surface area contributed by atoms with Gasteiger partial charge in [-0.15, -0.1) is 0 Å². The second kappa shape index (κ2) is 10.3. The van der Waals surface area contributed by atoms with Gasteiger partial charge in [-0.3, -0.25) is 4.72 Å². The fourth-order valence-electron chi connectivity index (χ4n) is 3.82. The molecule has 1 fully saturated rings. The van der Waals surface area contributed by atoms with Crippen LogP contribution in [0, 0.1) is 0 Å². The number of likely N-dealkylation sites (tertiary alicyclic amines) is 1. The molecule has 12 heteroatoms. The number of sulfonamides is 2. The summed E-state index contributed by atoms with van der Waals surface area (Å²) in [6, 6.07) is 12.0. The average Bonchev–Trinajstić information content (AvgIpc) is 3.28. The van der Waals surface area contributed by atoms with Gasteiger partial charge in [0.15, 0.2) is 0 Å². The van der Waals surface area contributed by atoms with Gasteiger partial charge in [-0.05, 0) is 63.6 Å². The van der Waals surface area contributed by atoms with Crippen LogP contribution in [0.25, 0.3) is 0 Å². The number of nitrogens with zero attached hydrogens (tertiary/aromatic N) is 3. The third-order valence-corrected chi connectivity index (χ3v) is 9.01. The van der Waals surface area contributed by atoms with Crippen molar-refractivity contribution in [2.24, 2.45) is 0 Å². The van der Waals surface area contributed by atoms with Crippen LogP contribution in [0.5, 0.6) is 0 Å². The summed E-state index contributed by atoms with van der Waals surface area (Å²) in [5, 5.41) is 0. The Morgan fingerprint density at radius 2 is 1.56 bits per heavy atom. The highest BCUT2D eigenvalue weighted by atomic mass is 32.2. The van der Waals surface area contributed by atoms with Crippen LogP contribution in [0.3, 0.4) is 0 Å². The van der Waals surface area contributed by atoms with E-state index >= 15 is 0 Å². The van der Waals surface area contributed by atoms with Gasteiger partial charge in [-0.2, -0.15) is 0 Å². The first kappa shape index (κ1) is 27.8. The minimum absolute atomic E-state index is 0.00218. The Kier molecular flexibility index (Phi) is 7.92. The first-order valence-corrected chi connectivity index (χ1v) is 14.4. The summed E-state index contributed by atoms with van der Waals surface area (Å²) in [7, 11) is -2.99. The second-order valence-corrected chi connectivity index (χ2v) is 13.7. The fraction of sp³-hybridized carbons (Fsp3) is 0.458. The predicted molar refractivity (Wildman–Crippen MR) is 139 cm³/mol. The highest BCUT2D eigenvalue weighted by molar-refractivity contribution is 7.92. The van der Waals surface area contributed by atoms with Crippen LogP contribution in [0.2, 0.25) is 0 Å². The molecular weight excluding hydrogens is 504 g/mol. The van der Waals surface area contributed by atoms with Crippen molar-refractivity contribution in [2.75, 3.05) is 43.9 Å². The third kappa shape index (κ3) is 6.29. The summed E-state index contributed by atoms with van der Waals surface area (Å²) in [6.07, 6.45) is 0.339. The van der Waals surface area contributed by atoms with E-state index in [1.165, 1.54) is 38.4 Å². The van der Waals surface area contributed by atoms with E-state index in [1.807, 2.05) is 38.8 Å². The van der Waals surface area contributed by atoms with Crippen molar-refractivity contribution in [1.29, 1.82) is 0 Å². The SMILES string of the molecule is CN(c1ccccc1NS(=O)(=O)c1ccc(S(=O)(=O)N(C)C)cc1)C1CCN(C(=O)OC(C)(C)C)C1. The number of carbonyl (C=O) groups is 1. The van der Waals surface area contributed by atoms with Gasteiger partial charge in [0.2, 0.25) is 10.0 Å². The molecule has 1 unspecified atom stereocenters. The van der Waals surface area contributed by atoms with Gasteiger partial charge in [0.05, 0.1) is 21.2 Å². The molecule has 0 spiro atoms. The van der Waals surface area contributed by atoms with Crippen LogP contribution in [0.15, 0.2) is 58.3 Å². The van der Waals surface area contributed by atoms with Gasteiger partial charge >= 0.3 is 6.09 Å². The zero-order valence-electron chi connectivity index (χ0n) is 21.4. The summed E-state index contributed by atoms with van der Waals surface area (Å²) in [5.41, 5.74) is 0.450. The number of hydrogen-bond donors (Lipinski definition) is 1. The van der Waals surface area contributed by atoms with Crippen molar-refractivity contribution >= 4 is 37.5 Å². The van der Waals surface area contributed by atoms with Crippen molar-refractivity contribution in [3.05, 3.63) is 48.5 Å². The molecule has 1 N–H and O–H groups in total. The number of ether oxygens (including phenoxy) is 1. The predicted octanol–water partition coefficient (Wildman–Crippen LogP) is 3.18. The molecule has 1 atom stereocenters. The van der Waals surface area contributed by atoms with E-state index in [1.54, 1.807) is 23.1 Å². The molecule has 2 aromatic carbocycles. The van der Waals surface area contributed by atoms with Gasteiger partial charge in [-0.25, -0.2) is 25.9 Å². The number of benzene rings is 2. The minimum Gasteiger partial charge on any atom is -0.444 e. The van der Waals surface area contributed by atoms with Gasteiger partial charge in [0.1, 0.15) is 5.60 Å². The number of amides is 1. The Hall–Kier alpha value is -2.83. The average molecular weight is 539 g/mol. The molecular formula is C24H34N4O6S2. The maximum atomic E-state index is 13.1. The van der Waals surface area contributed by atoms with E-state index in [4.69, 9.17) is 4.74 Å². The Morgan fingerprint density at radius 3 is 2.14 bits per heavy atom. The van der Waals surface area contributed by atoms with Crippen LogP contribution in [0.1, 0.15) is 27.2 Å². The van der Waals surface area contributed by atoms with E-state index in [9.17, 15) is 21.6 Å². The number of anilines is 2. The molecule has 1 saturated heterocycles. The van der Waals surface area contributed by atoms with E-state index in [0.29, 0.717) is 30.9 Å². The molecule has 2 aromatic rings. The summed E-state index contributed by atoms with van der Waals surface area (Å²) in [4.78, 5) is 16.0. The molecule has 1 aliphatic rings. The lowest BCUT2D eigenvalue weighted by Crippen LogP contribution is -2.39. The standard InChI is InChI=1S/C24H34N4O6S2/c1-24(2,3)34-23(29)28-16-15-18(17-28)27(6)22-10-8-7-9-21(22)25-35(30,31)19-11-13-20(14-12-19)36(32,33)26(4)5/h7-14,18,25H,15-17H2,1-6H3. The van der Waals surface area contributed by atoms with Crippen molar-refractivity contribution in [3.63, 3.8) is 0 Å². The Bertz CT molecular complexity index is 1300. The minimum atomic E-state index is -3.99. The number of nitrogens with one attached hydrogen (secondary N) is 1. The summed E-state index contributed by atoms with van der Waals surface area (Å²) < 4.78 is 59.9. The van der Waals surface area contributed by atoms with Gasteiger partial charge in [0.25, 0.3) is 10.0 Å². The Balaban J connectivity index is 1.78. The largest absolute Gasteiger partial charge is 0.444 e. The summed E-state index contributed by atoms with van der Waals surface area (Å²) >= 11 is 0. The smallest absolute Gasteiger partial charge is 0.410 e. The lowest BCUT2D eigenvalue weighted by atomic mass is 10.2. The molecule has 1 heterocycles. The molecule has 36 heavy (non-hydrogen) atoms. The Labute approximate surface area is 213 Å². The van der Waals surface area contributed by atoms with Crippen molar-refractivity contribution in [2.45, 2.75) is 48.6 Å². The lowest BCUT2D eigenvalue weighted by molar-refractivity contribution is 0.0292. The van der Waals surface area contributed by atoms with E-state index in [2.05, 4.69) is 4.72 Å². The number of hydrogen-bond acceptors (Lipinski definition) is 7. The van der Waals surface area contributed by atoms with E-state index in [-0.39, 0.29) is 21.9 Å². The lowest BCUT2D eigenvalue weighted by Gasteiger charge is -2.29. The zero-order chi connectivity index (χ0) is 26.9.